The van der Waals surface area contributed by atoms with Crippen molar-refractivity contribution in [2.45, 2.75) is 40.7 Å². The molecule has 4 rings (SSSR count). The van der Waals surface area contributed by atoms with E-state index in [4.69, 9.17) is 4.74 Å². The van der Waals surface area contributed by atoms with Crippen molar-refractivity contribution in [2.24, 2.45) is 0 Å². The molecule has 0 bridgehead atoms. The van der Waals surface area contributed by atoms with Crippen molar-refractivity contribution in [1.82, 2.24) is 0 Å². The van der Waals surface area contributed by atoms with Crippen LogP contribution in [0.25, 0.3) is 10.8 Å². The number of fused-ring (bicyclic) bond motifs is 1. The first-order valence-corrected chi connectivity index (χ1v) is 10.5. The maximum atomic E-state index is 5.59. The third-order valence-electron chi connectivity index (χ3n) is 3.65. The zero-order valence-electron chi connectivity index (χ0n) is 18.2. The van der Waals surface area contributed by atoms with Gasteiger partial charge in [-0.2, -0.15) is 0 Å². The highest BCUT2D eigenvalue weighted by atomic mass is 16.5. The highest BCUT2D eigenvalue weighted by molar-refractivity contribution is 5.82. The lowest BCUT2D eigenvalue weighted by Crippen LogP contribution is -1.94. The Hall–Kier alpha value is -3.06. The van der Waals surface area contributed by atoms with E-state index in [0.717, 1.165) is 5.75 Å². The molecule has 0 fully saturated rings. The van der Waals surface area contributed by atoms with Crippen LogP contribution in [0.5, 0.6) is 5.75 Å². The third kappa shape index (κ3) is 10.2. The summed E-state index contributed by atoms with van der Waals surface area (Å²) < 4.78 is 5.59. The van der Waals surface area contributed by atoms with Crippen molar-refractivity contribution in [1.29, 1.82) is 0 Å². The van der Waals surface area contributed by atoms with E-state index in [2.05, 4.69) is 74.5 Å². The predicted octanol–water partition coefficient (Wildman–Crippen LogP) is 8.55. The number of hydrogen-bond acceptors (Lipinski definition) is 1. The summed E-state index contributed by atoms with van der Waals surface area (Å²) in [5.74, 6) is 0.913. The van der Waals surface area contributed by atoms with Gasteiger partial charge in [-0.25, -0.2) is 0 Å². The van der Waals surface area contributed by atoms with Gasteiger partial charge >= 0.3 is 0 Å². The van der Waals surface area contributed by atoms with Gasteiger partial charge in [-0.3, -0.25) is 0 Å². The lowest BCUT2D eigenvalue weighted by Gasteiger charge is -2.05. The molecule has 0 amide bonds. The largest absolute Gasteiger partial charge is 0.489 e. The summed E-state index contributed by atoms with van der Waals surface area (Å²) in [6.45, 7) is 8.88. The van der Waals surface area contributed by atoms with Gasteiger partial charge in [0, 0.05) is 0 Å². The molecule has 0 saturated carbocycles. The SMILES string of the molecule is CC.CCC.c1ccc(COc2ccccc2)cc1.c1ccc2ccccc2c1. The fraction of sp³-hybridized carbons (Fsp3) is 0.214. The van der Waals surface area contributed by atoms with E-state index in [1.54, 1.807) is 0 Å². The Balaban J connectivity index is 0.000000245. The fourth-order valence-corrected chi connectivity index (χ4v) is 2.39. The summed E-state index contributed by atoms with van der Waals surface area (Å²) >= 11 is 0. The molecular formula is C28H34O. The molecule has 29 heavy (non-hydrogen) atoms. The number of ether oxygens (including phenoxy) is 1. The highest BCUT2D eigenvalue weighted by Crippen LogP contribution is 2.12. The zero-order valence-corrected chi connectivity index (χ0v) is 18.2. The van der Waals surface area contributed by atoms with Crippen molar-refractivity contribution in [3.63, 3.8) is 0 Å². The topological polar surface area (TPSA) is 9.23 Å². The van der Waals surface area contributed by atoms with Gasteiger partial charge in [-0.15, -0.1) is 0 Å². The lowest BCUT2D eigenvalue weighted by atomic mass is 10.1. The first kappa shape index (κ1) is 24.0. The minimum atomic E-state index is 0.630. The average Bonchev–Trinajstić information content (AvgIpc) is 2.81. The van der Waals surface area contributed by atoms with E-state index in [1.165, 1.54) is 22.8 Å². The number of rotatable bonds is 3. The van der Waals surface area contributed by atoms with E-state index < -0.39 is 0 Å². The standard InChI is InChI=1S/C13H12O.C10H8.C3H8.C2H6/c1-3-7-12(8-4-1)11-14-13-9-5-2-6-10-13;1-2-6-10-8-4-3-7-9(10)5-1;1-3-2;1-2/h1-10H,11H2;1-8H;3H2,1-2H3;1-2H3. The molecule has 0 unspecified atom stereocenters. The van der Waals surface area contributed by atoms with Crippen molar-refractivity contribution >= 4 is 10.8 Å². The van der Waals surface area contributed by atoms with Crippen LogP contribution in [-0.2, 0) is 6.61 Å². The van der Waals surface area contributed by atoms with Crippen LogP contribution in [-0.4, -0.2) is 0 Å². The highest BCUT2D eigenvalue weighted by Gasteiger charge is 1.92. The summed E-state index contributed by atoms with van der Waals surface area (Å²) in [5.41, 5.74) is 1.19. The molecule has 0 aliphatic rings. The number of benzene rings is 4. The van der Waals surface area contributed by atoms with Crippen LogP contribution in [0.15, 0.2) is 109 Å². The van der Waals surface area contributed by atoms with Crippen LogP contribution in [0, 0.1) is 0 Å². The predicted molar refractivity (Wildman–Crippen MR) is 128 cm³/mol. The Morgan fingerprint density at radius 3 is 1.28 bits per heavy atom. The Labute approximate surface area is 177 Å². The van der Waals surface area contributed by atoms with Gasteiger partial charge in [0.1, 0.15) is 12.4 Å². The van der Waals surface area contributed by atoms with Crippen LogP contribution >= 0.6 is 0 Å². The quantitative estimate of drug-likeness (QED) is 0.343. The summed E-state index contributed by atoms with van der Waals surface area (Å²) in [6, 6.07) is 36.7. The Bertz CT molecular complexity index is 765. The first-order chi connectivity index (χ1) is 14.3. The van der Waals surface area contributed by atoms with Gasteiger partial charge in [-0.05, 0) is 28.5 Å². The normalized spacial score (nSPS) is 8.97. The molecule has 0 atom stereocenters. The van der Waals surface area contributed by atoms with Crippen molar-refractivity contribution in [3.05, 3.63) is 115 Å². The number of hydrogen-bond donors (Lipinski definition) is 0. The van der Waals surface area contributed by atoms with Crippen molar-refractivity contribution < 1.29 is 4.74 Å². The maximum Gasteiger partial charge on any atom is 0.119 e. The summed E-state index contributed by atoms with van der Waals surface area (Å²) in [5, 5.41) is 2.62. The van der Waals surface area contributed by atoms with Crippen LogP contribution in [0.4, 0.5) is 0 Å². The van der Waals surface area contributed by atoms with Crippen LogP contribution < -0.4 is 4.74 Å². The lowest BCUT2D eigenvalue weighted by molar-refractivity contribution is 0.306. The minimum absolute atomic E-state index is 0.630. The fourth-order valence-electron chi connectivity index (χ4n) is 2.39. The van der Waals surface area contributed by atoms with E-state index in [1.807, 2.05) is 62.4 Å². The van der Waals surface area contributed by atoms with E-state index in [9.17, 15) is 0 Å². The van der Waals surface area contributed by atoms with E-state index in [0.29, 0.717) is 6.61 Å². The molecule has 0 aliphatic heterocycles. The van der Waals surface area contributed by atoms with Crippen molar-refractivity contribution in [2.75, 3.05) is 0 Å². The summed E-state index contributed by atoms with van der Waals surface area (Å²) in [4.78, 5) is 0. The molecule has 0 spiro atoms. The van der Waals surface area contributed by atoms with E-state index >= 15 is 0 Å². The molecule has 0 saturated heterocycles. The molecule has 1 nitrogen and oxygen atoms in total. The molecule has 0 N–H and O–H groups in total. The molecule has 0 radical (unpaired) electrons. The van der Waals surface area contributed by atoms with Gasteiger partial charge in [0.2, 0.25) is 0 Å². The average molecular weight is 387 g/mol. The monoisotopic (exact) mass is 386 g/mol. The second kappa shape index (κ2) is 15.9. The molecular weight excluding hydrogens is 352 g/mol. The van der Waals surface area contributed by atoms with Gasteiger partial charge in [0.15, 0.2) is 0 Å². The first-order valence-electron chi connectivity index (χ1n) is 10.5. The molecule has 152 valence electrons. The third-order valence-corrected chi connectivity index (χ3v) is 3.65. The summed E-state index contributed by atoms with van der Waals surface area (Å²) in [7, 11) is 0. The second-order valence-corrected chi connectivity index (χ2v) is 6.14. The van der Waals surface area contributed by atoms with Gasteiger partial charge in [0.05, 0.1) is 0 Å². The number of para-hydroxylation sites is 1. The van der Waals surface area contributed by atoms with Gasteiger partial charge < -0.3 is 4.74 Å². The summed E-state index contributed by atoms with van der Waals surface area (Å²) in [6.07, 6.45) is 1.25. The van der Waals surface area contributed by atoms with Crippen LogP contribution in [0.1, 0.15) is 39.7 Å². The minimum Gasteiger partial charge on any atom is -0.489 e. The molecule has 0 aromatic heterocycles. The van der Waals surface area contributed by atoms with Gasteiger partial charge in [-0.1, -0.05) is 131 Å². The zero-order chi connectivity index (χ0) is 21.2. The molecule has 4 aromatic rings. The smallest absolute Gasteiger partial charge is 0.119 e. The van der Waals surface area contributed by atoms with Crippen LogP contribution in [0.2, 0.25) is 0 Å². The molecule has 0 aliphatic carbocycles. The Morgan fingerprint density at radius 1 is 0.517 bits per heavy atom. The van der Waals surface area contributed by atoms with Crippen LogP contribution in [0.3, 0.4) is 0 Å². The maximum absolute atomic E-state index is 5.59. The Kier molecular flexibility index (Phi) is 13.2. The van der Waals surface area contributed by atoms with Crippen molar-refractivity contribution in [3.8, 4) is 5.75 Å². The molecule has 1 heteroatoms. The molecule has 0 heterocycles. The Morgan fingerprint density at radius 2 is 0.862 bits per heavy atom. The second-order valence-electron chi connectivity index (χ2n) is 6.14. The van der Waals surface area contributed by atoms with E-state index in [-0.39, 0.29) is 0 Å². The molecule has 4 aromatic carbocycles. The van der Waals surface area contributed by atoms with Gasteiger partial charge in [0.25, 0.3) is 0 Å².